The Kier molecular flexibility index (Phi) is 6.32. The van der Waals surface area contributed by atoms with E-state index in [9.17, 15) is 5.11 Å². The second kappa shape index (κ2) is 8.99. The standard InChI is InChI=1S/C24H27ClN4OS/c1-15-14-18(17(3)29(15)21-10-6-8-19(25)16(21)2)23-22(20-9-4-5-11-26-20)27-24(31)28(23)12-7-13-30/h4-6,8-11,14,22-23,30H,7,12-13H2,1-3H3,(H,27,31). The molecule has 0 saturated carbocycles. The molecule has 1 fully saturated rings. The fourth-order valence-electron chi connectivity index (χ4n) is 4.52. The summed E-state index contributed by atoms with van der Waals surface area (Å²) in [6, 6.07) is 14.1. The molecule has 0 radical (unpaired) electrons. The van der Waals surface area contributed by atoms with E-state index in [1.807, 2.05) is 43.5 Å². The van der Waals surface area contributed by atoms with Crippen molar-refractivity contribution in [2.75, 3.05) is 13.2 Å². The van der Waals surface area contributed by atoms with E-state index in [1.165, 1.54) is 5.56 Å². The van der Waals surface area contributed by atoms with E-state index in [4.69, 9.17) is 23.8 Å². The number of benzene rings is 1. The van der Waals surface area contributed by atoms with Crippen LogP contribution in [-0.4, -0.2) is 37.8 Å². The molecule has 1 saturated heterocycles. The van der Waals surface area contributed by atoms with Crippen LogP contribution < -0.4 is 5.32 Å². The second-order valence-corrected chi connectivity index (χ2v) is 8.74. The summed E-state index contributed by atoms with van der Waals surface area (Å²) < 4.78 is 2.26. The Bertz CT molecular complexity index is 1100. The Morgan fingerprint density at radius 2 is 1.97 bits per heavy atom. The number of halogens is 1. The molecule has 1 aromatic carbocycles. The van der Waals surface area contributed by atoms with Gasteiger partial charge >= 0.3 is 0 Å². The van der Waals surface area contributed by atoms with Gasteiger partial charge in [0.25, 0.3) is 0 Å². The van der Waals surface area contributed by atoms with Gasteiger partial charge < -0.3 is 19.9 Å². The lowest BCUT2D eigenvalue weighted by molar-refractivity contribution is 0.247. The number of nitrogens with zero attached hydrogens (tertiary/aromatic N) is 3. The van der Waals surface area contributed by atoms with Crippen LogP contribution in [0.15, 0.2) is 48.7 Å². The molecule has 1 aliphatic heterocycles. The van der Waals surface area contributed by atoms with Crippen LogP contribution >= 0.6 is 23.8 Å². The van der Waals surface area contributed by atoms with Crippen LogP contribution in [0.2, 0.25) is 5.02 Å². The highest BCUT2D eigenvalue weighted by molar-refractivity contribution is 7.80. The van der Waals surface area contributed by atoms with Crippen molar-refractivity contribution in [1.82, 2.24) is 19.8 Å². The molecular weight excluding hydrogens is 428 g/mol. The van der Waals surface area contributed by atoms with Crippen LogP contribution in [0.1, 0.15) is 46.7 Å². The molecule has 3 aromatic rings. The summed E-state index contributed by atoms with van der Waals surface area (Å²) in [5, 5.41) is 14.4. The van der Waals surface area contributed by atoms with Crippen molar-refractivity contribution in [2.24, 2.45) is 0 Å². The van der Waals surface area contributed by atoms with Gasteiger partial charge in [-0.25, -0.2) is 0 Å². The van der Waals surface area contributed by atoms with Crippen LogP contribution in [0, 0.1) is 20.8 Å². The molecule has 0 aliphatic carbocycles. The molecule has 0 spiro atoms. The van der Waals surface area contributed by atoms with Crippen LogP contribution in [0.25, 0.3) is 5.69 Å². The van der Waals surface area contributed by atoms with Gasteiger partial charge in [0.05, 0.1) is 17.8 Å². The minimum Gasteiger partial charge on any atom is -0.396 e. The molecule has 0 amide bonds. The van der Waals surface area contributed by atoms with Crippen molar-refractivity contribution >= 4 is 28.9 Å². The molecule has 5 nitrogen and oxygen atoms in total. The summed E-state index contributed by atoms with van der Waals surface area (Å²) in [7, 11) is 0. The van der Waals surface area contributed by atoms with Crippen molar-refractivity contribution in [3.8, 4) is 5.69 Å². The Hall–Kier alpha value is -2.41. The van der Waals surface area contributed by atoms with Gasteiger partial charge in [0.1, 0.15) is 0 Å². The van der Waals surface area contributed by atoms with E-state index in [-0.39, 0.29) is 18.7 Å². The minimum absolute atomic E-state index is 0.0200. The summed E-state index contributed by atoms with van der Waals surface area (Å²) >= 11 is 12.1. The first-order chi connectivity index (χ1) is 14.9. The Balaban J connectivity index is 1.84. The fourth-order valence-corrected chi connectivity index (χ4v) is 5.02. The molecule has 31 heavy (non-hydrogen) atoms. The zero-order chi connectivity index (χ0) is 22.1. The fraction of sp³-hybridized carbons (Fsp3) is 0.333. The topological polar surface area (TPSA) is 53.3 Å². The molecule has 2 unspecified atom stereocenters. The van der Waals surface area contributed by atoms with Crippen LogP contribution in [0.4, 0.5) is 0 Å². The van der Waals surface area contributed by atoms with Gasteiger partial charge in [-0.2, -0.15) is 0 Å². The average Bonchev–Trinajstić information content (AvgIpc) is 3.24. The molecule has 2 N–H and O–H groups in total. The zero-order valence-electron chi connectivity index (χ0n) is 18.0. The summed E-state index contributed by atoms with van der Waals surface area (Å²) in [6.45, 7) is 7.11. The Labute approximate surface area is 193 Å². The van der Waals surface area contributed by atoms with Crippen molar-refractivity contribution in [2.45, 2.75) is 39.3 Å². The number of aliphatic hydroxyl groups is 1. The second-order valence-electron chi connectivity index (χ2n) is 7.94. The highest BCUT2D eigenvalue weighted by Gasteiger charge is 2.41. The van der Waals surface area contributed by atoms with Crippen LogP contribution in [-0.2, 0) is 0 Å². The number of hydrogen-bond acceptors (Lipinski definition) is 3. The maximum Gasteiger partial charge on any atom is 0.170 e. The number of aliphatic hydroxyl groups excluding tert-OH is 1. The summed E-state index contributed by atoms with van der Waals surface area (Å²) in [5.41, 5.74) is 6.56. The number of aromatic nitrogens is 2. The lowest BCUT2D eigenvalue weighted by atomic mass is 9.96. The van der Waals surface area contributed by atoms with Crippen LogP contribution in [0.3, 0.4) is 0 Å². The number of pyridine rings is 1. The summed E-state index contributed by atoms with van der Waals surface area (Å²) in [5.74, 6) is 0. The van der Waals surface area contributed by atoms with E-state index in [0.29, 0.717) is 18.1 Å². The van der Waals surface area contributed by atoms with E-state index in [2.05, 4.69) is 45.7 Å². The first-order valence-corrected chi connectivity index (χ1v) is 11.3. The van der Waals surface area contributed by atoms with Gasteiger partial charge in [0.15, 0.2) is 5.11 Å². The Morgan fingerprint density at radius 3 is 2.68 bits per heavy atom. The van der Waals surface area contributed by atoms with Crippen molar-refractivity contribution < 1.29 is 5.11 Å². The maximum absolute atomic E-state index is 9.44. The third-order valence-corrected chi connectivity index (χ3v) is 6.79. The minimum atomic E-state index is -0.0678. The summed E-state index contributed by atoms with van der Waals surface area (Å²) in [6.07, 6.45) is 2.46. The van der Waals surface area contributed by atoms with E-state index >= 15 is 0 Å². The molecule has 2 atom stereocenters. The van der Waals surface area contributed by atoms with Crippen molar-refractivity contribution in [1.29, 1.82) is 0 Å². The molecule has 2 aromatic heterocycles. The van der Waals surface area contributed by atoms with Gasteiger partial charge in [0.2, 0.25) is 0 Å². The quantitative estimate of drug-likeness (QED) is 0.523. The maximum atomic E-state index is 9.44. The van der Waals surface area contributed by atoms with Gasteiger partial charge in [-0.05, 0) is 80.9 Å². The largest absolute Gasteiger partial charge is 0.396 e. The van der Waals surface area contributed by atoms with Crippen LogP contribution in [0.5, 0.6) is 0 Å². The van der Waals surface area contributed by atoms with E-state index in [1.54, 1.807) is 0 Å². The van der Waals surface area contributed by atoms with Gasteiger partial charge in [-0.3, -0.25) is 4.98 Å². The molecule has 1 aliphatic rings. The first kappa shape index (κ1) is 21.8. The van der Waals surface area contributed by atoms with E-state index < -0.39 is 0 Å². The molecular formula is C24H27ClN4OS. The monoisotopic (exact) mass is 454 g/mol. The molecule has 3 heterocycles. The van der Waals surface area contributed by atoms with Gasteiger partial charge in [-0.1, -0.05) is 23.7 Å². The zero-order valence-corrected chi connectivity index (χ0v) is 19.5. The highest BCUT2D eigenvalue weighted by Crippen LogP contribution is 2.41. The number of hydrogen-bond donors (Lipinski definition) is 2. The number of thiocarbonyl (C=S) groups is 1. The van der Waals surface area contributed by atoms with Gasteiger partial charge in [0, 0.05) is 41.4 Å². The number of aryl methyl sites for hydroxylation is 1. The lowest BCUT2D eigenvalue weighted by Crippen LogP contribution is -2.31. The Morgan fingerprint density at radius 1 is 1.16 bits per heavy atom. The number of rotatable bonds is 6. The first-order valence-electron chi connectivity index (χ1n) is 10.5. The predicted octanol–water partition coefficient (Wildman–Crippen LogP) is 4.81. The average molecular weight is 455 g/mol. The van der Waals surface area contributed by atoms with Crippen molar-refractivity contribution in [3.05, 3.63) is 81.9 Å². The molecule has 162 valence electrons. The molecule has 4 rings (SSSR count). The SMILES string of the molecule is Cc1c(Cl)cccc1-n1c(C)cc(C2C(c3ccccn3)NC(=S)N2CCCO)c1C. The summed E-state index contributed by atoms with van der Waals surface area (Å²) in [4.78, 5) is 6.79. The third-order valence-electron chi connectivity index (χ3n) is 6.02. The lowest BCUT2D eigenvalue weighted by Gasteiger charge is -2.28. The molecule has 0 bridgehead atoms. The number of nitrogens with one attached hydrogen (secondary N) is 1. The van der Waals surface area contributed by atoms with Crippen molar-refractivity contribution in [3.63, 3.8) is 0 Å². The van der Waals surface area contributed by atoms with Gasteiger partial charge in [-0.15, -0.1) is 0 Å². The van der Waals surface area contributed by atoms with E-state index in [0.717, 1.165) is 33.4 Å². The third kappa shape index (κ3) is 3.95. The molecule has 7 heteroatoms. The highest BCUT2D eigenvalue weighted by atomic mass is 35.5. The normalized spacial score (nSPS) is 18.5. The predicted molar refractivity (Wildman–Crippen MR) is 129 cm³/mol. The smallest absolute Gasteiger partial charge is 0.170 e.